The molecule has 4 unspecified atom stereocenters. The Hall–Kier alpha value is -1.18. The van der Waals surface area contributed by atoms with Gasteiger partial charge in [0.15, 0.2) is 0 Å². The van der Waals surface area contributed by atoms with E-state index in [1.807, 2.05) is 19.1 Å². The molecule has 3 rings (SSSR count). The van der Waals surface area contributed by atoms with Gasteiger partial charge in [-0.15, -0.1) is 0 Å². The van der Waals surface area contributed by atoms with E-state index in [1.54, 1.807) is 12.4 Å². The molecule has 2 heteroatoms. The second kappa shape index (κ2) is 4.83. The molecule has 2 bridgehead atoms. The Balaban J connectivity index is 1.62. The number of carbonyl (C=O) groups is 1. The van der Waals surface area contributed by atoms with Gasteiger partial charge in [0.2, 0.25) is 0 Å². The first-order valence-corrected chi connectivity index (χ1v) is 7.16. The monoisotopic (exact) mass is 243 g/mol. The normalized spacial score (nSPS) is 31.5. The van der Waals surface area contributed by atoms with Crippen LogP contribution in [0, 0.1) is 17.8 Å². The minimum absolute atomic E-state index is 0.0344. The van der Waals surface area contributed by atoms with Gasteiger partial charge in [0.1, 0.15) is 5.78 Å². The Morgan fingerprint density at radius 1 is 1.33 bits per heavy atom. The smallest absolute Gasteiger partial charge is 0.140 e. The highest BCUT2D eigenvalue weighted by Gasteiger charge is 2.40. The molecule has 1 aromatic heterocycles. The molecule has 0 N–H and O–H groups in total. The summed E-state index contributed by atoms with van der Waals surface area (Å²) >= 11 is 0. The van der Waals surface area contributed by atoms with Crippen LogP contribution in [-0.4, -0.2) is 10.8 Å². The fourth-order valence-corrected chi connectivity index (χ4v) is 3.90. The predicted octanol–water partition coefficient (Wildman–Crippen LogP) is 3.58. The van der Waals surface area contributed by atoms with Gasteiger partial charge in [-0.1, -0.05) is 13.3 Å². The van der Waals surface area contributed by atoms with Gasteiger partial charge < -0.3 is 0 Å². The van der Waals surface area contributed by atoms with E-state index < -0.39 is 0 Å². The van der Waals surface area contributed by atoms with Crippen LogP contribution in [-0.2, 0) is 4.79 Å². The average molecular weight is 243 g/mol. The fraction of sp³-hybridized carbons (Fsp3) is 0.625. The highest BCUT2D eigenvalue weighted by atomic mass is 16.1. The van der Waals surface area contributed by atoms with Crippen molar-refractivity contribution in [3.05, 3.63) is 30.1 Å². The van der Waals surface area contributed by atoms with Crippen molar-refractivity contribution in [1.29, 1.82) is 0 Å². The van der Waals surface area contributed by atoms with Crippen molar-refractivity contribution in [2.24, 2.45) is 17.8 Å². The maximum Gasteiger partial charge on any atom is 0.140 e. The zero-order valence-electron chi connectivity index (χ0n) is 11.0. The van der Waals surface area contributed by atoms with Crippen LogP contribution in [0.5, 0.6) is 0 Å². The van der Waals surface area contributed by atoms with Crippen LogP contribution in [0.2, 0.25) is 0 Å². The standard InChI is InChI=1S/C16H21NO/c1-11(13-4-6-17-7-5-13)16(18)10-15-9-12-2-3-14(15)8-12/h4-7,11-12,14-15H,2-3,8-10H2,1H3. The third kappa shape index (κ3) is 2.21. The summed E-state index contributed by atoms with van der Waals surface area (Å²) in [5.41, 5.74) is 1.11. The molecule has 0 amide bonds. The van der Waals surface area contributed by atoms with Gasteiger partial charge in [0.25, 0.3) is 0 Å². The zero-order chi connectivity index (χ0) is 12.5. The first kappa shape index (κ1) is 11.9. The van der Waals surface area contributed by atoms with Crippen LogP contribution in [0.25, 0.3) is 0 Å². The Labute approximate surface area is 109 Å². The van der Waals surface area contributed by atoms with Crippen molar-refractivity contribution in [2.75, 3.05) is 0 Å². The van der Waals surface area contributed by atoms with Crippen molar-refractivity contribution in [3.63, 3.8) is 0 Å². The molecule has 0 aromatic carbocycles. The van der Waals surface area contributed by atoms with E-state index in [2.05, 4.69) is 4.98 Å². The molecule has 2 aliphatic rings. The number of aromatic nitrogens is 1. The first-order chi connectivity index (χ1) is 8.74. The largest absolute Gasteiger partial charge is 0.299 e. The summed E-state index contributed by atoms with van der Waals surface area (Å²) < 4.78 is 0. The number of hydrogen-bond acceptors (Lipinski definition) is 2. The molecule has 1 aromatic rings. The van der Waals surface area contributed by atoms with Crippen LogP contribution < -0.4 is 0 Å². The number of nitrogens with zero attached hydrogens (tertiary/aromatic N) is 1. The van der Waals surface area contributed by atoms with Crippen molar-refractivity contribution >= 4 is 5.78 Å². The topological polar surface area (TPSA) is 30.0 Å². The molecule has 18 heavy (non-hydrogen) atoms. The number of ketones is 1. The van der Waals surface area contributed by atoms with Crippen molar-refractivity contribution in [2.45, 2.75) is 44.9 Å². The summed E-state index contributed by atoms with van der Waals surface area (Å²) in [7, 11) is 0. The Morgan fingerprint density at radius 2 is 2.11 bits per heavy atom. The van der Waals surface area contributed by atoms with Gasteiger partial charge in [-0.2, -0.15) is 0 Å². The van der Waals surface area contributed by atoms with Crippen LogP contribution in [0.3, 0.4) is 0 Å². The van der Waals surface area contributed by atoms with E-state index in [0.717, 1.165) is 23.8 Å². The van der Waals surface area contributed by atoms with Crippen LogP contribution >= 0.6 is 0 Å². The minimum atomic E-state index is 0.0344. The van der Waals surface area contributed by atoms with Gasteiger partial charge in [0, 0.05) is 24.7 Å². The molecule has 0 saturated heterocycles. The Morgan fingerprint density at radius 3 is 2.72 bits per heavy atom. The van der Waals surface area contributed by atoms with Crippen LogP contribution in [0.15, 0.2) is 24.5 Å². The van der Waals surface area contributed by atoms with Gasteiger partial charge in [-0.05, 0) is 54.7 Å². The van der Waals surface area contributed by atoms with E-state index in [-0.39, 0.29) is 5.92 Å². The fourth-order valence-electron chi connectivity index (χ4n) is 3.90. The van der Waals surface area contributed by atoms with Crippen molar-refractivity contribution in [1.82, 2.24) is 4.98 Å². The molecule has 96 valence electrons. The number of rotatable bonds is 4. The molecular weight excluding hydrogens is 222 g/mol. The maximum absolute atomic E-state index is 12.4. The summed E-state index contributed by atoms with van der Waals surface area (Å²) in [6, 6.07) is 3.92. The lowest BCUT2D eigenvalue weighted by Crippen LogP contribution is -2.18. The first-order valence-electron chi connectivity index (χ1n) is 7.16. The van der Waals surface area contributed by atoms with Gasteiger partial charge in [-0.3, -0.25) is 9.78 Å². The van der Waals surface area contributed by atoms with E-state index in [9.17, 15) is 4.79 Å². The summed E-state index contributed by atoms with van der Waals surface area (Å²) in [5.74, 6) is 2.92. The summed E-state index contributed by atoms with van der Waals surface area (Å²) in [6.45, 7) is 2.03. The van der Waals surface area contributed by atoms with E-state index >= 15 is 0 Å². The molecule has 2 saturated carbocycles. The maximum atomic E-state index is 12.4. The summed E-state index contributed by atoms with van der Waals surface area (Å²) in [4.78, 5) is 16.4. The molecule has 4 atom stereocenters. The van der Waals surface area contributed by atoms with Crippen LogP contribution in [0.1, 0.15) is 50.5 Å². The van der Waals surface area contributed by atoms with Crippen molar-refractivity contribution in [3.8, 4) is 0 Å². The lowest BCUT2D eigenvalue weighted by atomic mass is 9.82. The number of carbonyl (C=O) groups excluding carboxylic acids is 1. The number of pyridine rings is 1. The molecule has 0 spiro atoms. The Bertz CT molecular complexity index is 428. The lowest BCUT2D eigenvalue weighted by Gasteiger charge is -2.22. The molecule has 2 nitrogen and oxygen atoms in total. The highest BCUT2D eigenvalue weighted by molar-refractivity contribution is 5.85. The molecule has 2 aliphatic carbocycles. The Kier molecular flexibility index (Phi) is 3.19. The van der Waals surface area contributed by atoms with E-state index in [1.165, 1.54) is 25.7 Å². The highest BCUT2D eigenvalue weighted by Crippen LogP contribution is 2.49. The molecule has 0 aliphatic heterocycles. The van der Waals surface area contributed by atoms with Gasteiger partial charge in [-0.25, -0.2) is 0 Å². The van der Waals surface area contributed by atoms with Gasteiger partial charge in [0.05, 0.1) is 0 Å². The summed E-state index contributed by atoms with van der Waals surface area (Å²) in [6.07, 6.45) is 9.82. The van der Waals surface area contributed by atoms with Gasteiger partial charge >= 0.3 is 0 Å². The van der Waals surface area contributed by atoms with E-state index in [4.69, 9.17) is 0 Å². The second-order valence-electron chi connectivity index (χ2n) is 6.11. The number of Topliss-reactive ketones (excluding diaryl/α,β-unsaturated/α-hetero) is 1. The minimum Gasteiger partial charge on any atom is -0.299 e. The summed E-state index contributed by atoms with van der Waals surface area (Å²) in [5, 5.41) is 0. The lowest BCUT2D eigenvalue weighted by molar-refractivity contribution is -0.121. The number of fused-ring (bicyclic) bond motifs is 2. The molecule has 0 radical (unpaired) electrons. The average Bonchev–Trinajstić information content (AvgIpc) is 3.01. The third-order valence-corrected chi connectivity index (χ3v) is 5.04. The van der Waals surface area contributed by atoms with Crippen molar-refractivity contribution < 1.29 is 4.79 Å². The predicted molar refractivity (Wildman–Crippen MR) is 71.2 cm³/mol. The number of hydrogen-bond donors (Lipinski definition) is 0. The molecular formula is C16H21NO. The van der Waals surface area contributed by atoms with Crippen LogP contribution in [0.4, 0.5) is 0 Å². The SMILES string of the molecule is CC(C(=O)CC1CC2CCC1C2)c1ccncc1. The molecule has 1 heterocycles. The molecule has 2 fully saturated rings. The quantitative estimate of drug-likeness (QED) is 0.809. The van der Waals surface area contributed by atoms with E-state index in [0.29, 0.717) is 11.7 Å². The second-order valence-corrected chi connectivity index (χ2v) is 6.11. The zero-order valence-corrected chi connectivity index (χ0v) is 11.0. The third-order valence-electron chi connectivity index (χ3n) is 5.04.